The maximum atomic E-state index is 5.67. The molecule has 0 spiro atoms. The predicted octanol–water partition coefficient (Wildman–Crippen LogP) is 12.7. The van der Waals surface area contributed by atoms with Crippen molar-refractivity contribution < 1.29 is 25.8 Å². The molecule has 0 N–H and O–H groups in total. The normalized spacial score (nSPS) is 11.1. The molecule has 2 aromatic heterocycles. The van der Waals surface area contributed by atoms with E-state index in [1.165, 1.54) is 53.9 Å². The maximum Gasteiger partial charge on any atom is 4.00 e. The number of fused-ring (bicyclic) bond motifs is 1. The molecule has 5 aromatic rings. The molecular formula is C42H60HfN6S. The van der Waals surface area contributed by atoms with Gasteiger partial charge >= 0.3 is 25.8 Å². The Morgan fingerprint density at radius 2 is 1.26 bits per heavy atom. The first-order valence-corrected chi connectivity index (χ1v) is 18.1. The Morgan fingerprint density at radius 1 is 0.760 bits per heavy atom. The average molecular weight is 860 g/mol. The van der Waals surface area contributed by atoms with Gasteiger partial charge in [0.05, 0.1) is 11.5 Å². The molecule has 0 amide bonds. The number of hydrogen-bond acceptors (Lipinski definition) is 2. The minimum atomic E-state index is -0.216. The van der Waals surface area contributed by atoms with Crippen LogP contribution in [0.15, 0.2) is 60.8 Å². The molecule has 3 aromatic carbocycles. The molecule has 50 heavy (non-hydrogen) atoms. The molecule has 6 nitrogen and oxygen atoms in total. The third kappa shape index (κ3) is 11.4. The van der Waals surface area contributed by atoms with Crippen molar-refractivity contribution in [1.82, 2.24) is 9.55 Å². The number of thiophene rings is 1. The number of para-hydroxylation sites is 1. The first-order valence-electron chi connectivity index (χ1n) is 17.2. The van der Waals surface area contributed by atoms with Crippen molar-refractivity contribution in [2.45, 2.75) is 79.7 Å². The molecule has 0 aliphatic rings. The molecule has 0 saturated heterocycles. The van der Waals surface area contributed by atoms with Crippen LogP contribution in [0, 0.1) is 20.8 Å². The van der Waals surface area contributed by atoms with Crippen molar-refractivity contribution in [1.29, 1.82) is 0 Å². The SMILES string of the molecule is CCc1sc2ccccc2c1-c1cn(C)c(C([N-]c2c(C(C)C)cccc2C(C)C)c2c(C)cc(C)cc2C)n1.C[N-]C.C[N-]C.C[N-]C.[Hf+4]. The number of nitrogens with zero attached hydrogens (tertiary/aromatic N) is 6. The van der Waals surface area contributed by atoms with Crippen molar-refractivity contribution in [2.75, 3.05) is 42.3 Å². The molecule has 0 aliphatic carbocycles. The van der Waals surface area contributed by atoms with E-state index in [1.54, 1.807) is 42.3 Å². The van der Waals surface area contributed by atoms with Gasteiger partial charge in [-0.3, -0.25) is 0 Å². The molecule has 1 atom stereocenters. The molecular weight excluding hydrogens is 799 g/mol. The minimum Gasteiger partial charge on any atom is -0.671 e. The van der Waals surface area contributed by atoms with Gasteiger partial charge in [0.25, 0.3) is 0 Å². The van der Waals surface area contributed by atoms with Gasteiger partial charge < -0.3 is 25.8 Å². The predicted molar refractivity (Wildman–Crippen MR) is 219 cm³/mol. The van der Waals surface area contributed by atoms with E-state index < -0.39 is 0 Å². The second-order valence-corrected chi connectivity index (χ2v) is 14.3. The van der Waals surface area contributed by atoms with Gasteiger partial charge in [0, 0.05) is 33.8 Å². The molecule has 0 radical (unpaired) electrons. The summed E-state index contributed by atoms with van der Waals surface area (Å²) < 4.78 is 3.53. The molecule has 0 fully saturated rings. The molecule has 0 bridgehead atoms. The Balaban J connectivity index is 0.00000113. The zero-order chi connectivity index (χ0) is 36.8. The average Bonchev–Trinajstić information content (AvgIpc) is 3.60. The Hall–Kier alpha value is -2.62. The topological polar surface area (TPSA) is 74.2 Å². The van der Waals surface area contributed by atoms with Gasteiger partial charge in [-0.25, -0.2) is 4.98 Å². The van der Waals surface area contributed by atoms with Crippen LogP contribution in [0.3, 0.4) is 0 Å². The van der Waals surface area contributed by atoms with E-state index >= 15 is 0 Å². The standard InChI is InChI=1S/C36H42N3S.3C2H6N.Hf/c1-10-30-33(28-14-11-12-17-31(28)40-30)29-20-39(9)36(37-29)35(32-24(7)18-23(6)19-25(32)8)38-34-26(21(2)3)15-13-16-27(34)22(4)5;3*1-3-2;/h11-22,35H,10H2,1-9H3;3*1-2H3;/q4*-1;+4. The smallest absolute Gasteiger partial charge is 0.671 e. The number of aromatic nitrogens is 2. The summed E-state index contributed by atoms with van der Waals surface area (Å²) in [5, 5.41) is 17.5. The van der Waals surface area contributed by atoms with Crippen molar-refractivity contribution in [2.24, 2.45) is 7.05 Å². The molecule has 268 valence electrons. The number of aryl methyl sites for hydroxylation is 5. The minimum absolute atomic E-state index is 0. The summed E-state index contributed by atoms with van der Waals surface area (Å²) in [6.45, 7) is 17.9. The van der Waals surface area contributed by atoms with E-state index in [1.807, 2.05) is 11.3 Å². The second-order valence-electron chi connectivity index (χ2n) is 13.1. The van der Waals surface area contributed by atoms with E-state index in [0.717, 1.165) is 23.6 Å². The summed E-state index contributed by atoms with van der Waals surface area (Å²) >= 11 is 1.89. The summed E-state index contributed by atoms with van der Waals surface area (Å²) in [7, 11) is 12.6. The quantitative estimate of drug-likeness (QED) is 0.143. The van der Waals surface area contributed by atoms with Crippen LogP contribution in [-0.2, 0) is 39.3 Å². The fourth-order valence-electron chi connectivity index (χ4n) is 6.14. The number of rotatable bonds is 8. The zero-order valence-electron chi connectivity index (χ0n) is 33.3. The van der Waals surface area contributed by atoms with E-state index in [4.69, 9.17) is 10.3 Å². The second kappa shape index (κ2) is 22.3. The number of benzene rings is 3. The summed E-state index contributed by atoms with van der Waals surface area (Å²) in [6.07, 6.45) is 3.20. The fraction of sp³-hybridized carbons (Fsp3) is 0.452. The van der Waals surface area contributed by atoms with Crippen LogP contribution in [-0.4, -0.2) is 51.8 Å². The van der Waals surface area contributed by atoms with Gasteiger partial charge in [-0.15, -0.1) is 17.0 Å². The van der Waals surface area contributed by atoms with Crippen molar-refractivity contribution in [3.8, 4) is 11.3 Å². The Morgan fingerprint density at radius 3 is 1.74 bits per heavy atom. The van der Waals surface area contributed by atoms with Gasteiger partial charge in [-0.05, 0) is 67.8 Å². The Bertz CT molecular complexity index is 1680. The summed E-state index contributed by atoms with van der Waals surface area (Å²) in [5.74, 6) is 1.73. The fourth-order valence-corrected chi connectivity index (χ4v) is 7.30. The van der Waals surface area contributed by atoms with E-state index in [0.29, 0.717) is 11.8 Å². The van der Waals surface area contributed by atoms with Crippen LogP contribution in [0.25, 0.3) is 42.6 Å². The van der Waals surface area contributed by atoms with E-state index in [2.05, 4.69) is 144 Å². The third-order valence-corrected chi connectivity index (χ3v) is 9.33. The van der Waals surface area contributed by atoms with E-state index in [9.17, 15) is 0 Å². The first-order chi connectivity index (χ1) is 23.3. The molecule has 2 heterocycles. The van der Waals surface area contributed by atoms with Crippen molar-refractivity contribution >= 4 is 27.1 Å². The molecule has 8 heteroatoms. The van der Waals surface area contributed by atoms with Crippen LogP contribution < -0.4 is 0 Å². The van der Waals surface area contributed by atoms with E-state index in [-0.39, 0.29) is 31.9 Å². The van der Waals surface area contributed by atoms with Crippen LogP contribution in [0.2, 0.25) is 0 Å². The summed E-state index contributed by atoms with van der Waals surface area (Å²) in [4.78, 5) is 6.80. The van der Waals surface area contributed by atoms with Crippen LogP contribution in [0.5, 0.6) is 0 Å². The van der Waals surface area contributed by atoms with Crippen molar-refractivity contribution in [3.05, 3.63) is 126 Å². The molecule has 0 aliphatic heterocycles. The van der Waals surface area contributed by atoms with Crippen molar-refractivity contribution in [3.63, 3.8) is 0 Å². The summed E-state index contributed by atoms with van der Waals surface area (Å²) in [5.41, 5.74) is 11.1. The molecule has 5 rings (SSSR count). The van der Waals surface area contributed by atoms with Crippen LogP contribution in [0.1, 0.15) is 96.6 Å². The zero-order valence-corrected chi connectivity index (χ0v) is 37.7. The first kappa shape index (κ1) is 45.4. The van der Waals surface area contributed by atoms with Gasteiger partial charge in [0.1, 0.15) is 0 Å². The third-order valence-electron chi connectivity index (χ3n) is 8.01. The van der Waals surface area contributed by atoms with Gasteiger partial charge in [-0.1, -0.05) is 99.8 Å². The Labute approximate surface area is 327 Å². The summed E-state index contributed by atoms with van der Waals surface area (Å²) in [6, 6.07) is 19.8. The number of imidazole rings is 1. The number of hydrogen-bond donors (Lipinski definition) is 0. The molecule has 0 saturated carbocycles. The molecule has 1 unspecified atom stereocenters. The van der Waals surface area contributed by atoms with Crippen LogP contribution in [0.4, 0.5) is 5.69 Å². The monoisotopic (exact) mass is 860 g/mol. The Kier molecular flexibility index (Phi) is 20.3. The van der Waals surface area contributed by atoms with Gasteiger partial charge in [0.15, 0.2) is 0 Å². The van der Waals surface area contributed by atoms with Gasteiger partial charge in [-0.2, -0.15) is 42.3 Å². The largest absolute Gasteiger partial charge is 4.00 e. The van der Waals surface area contributed by atoms with Crippen LogP contribution >= 0.6 is 11.3 Å². The maximum absolute atomic E-state index is 5.67. The van der Waals surface area contributed by atoms with Gasteiger partial charge in [0.2, 0.25) is 0 Å².